The number of benzene rings is 2. The van der Waals surface area contributed by atoms with Gasteiger partial charge in [0.15, 0.2) is 5.13 Å². The molecule has 0 aliphatic rings. The molecule has 3 aromatic rings. The molecule has 302 valence electrons. The molecule has 1 heterocycles. The third-order valence-electron chi connectivity index (χ3n) is 8.04. The number of ether oxygens (including phenoxy) is 4. The van der Waals surface area contributed by atoms with Crippen molar-refractivity contribution in [3.8, 4) is 5.75 Å². The molecule has 13 heteroatoms. The zero-order valence-electron chi connectivity index (χ0n) is 33.5. The van der Waals surface area contributed by atoms with Crippen LogP contribution in [0, 0.1) is 24.7 Å². The largest absolute Gasteiger partial charge is 0.457 e. The van der Waals surface area contributed by atoms with Crippen molar-refractivity contribution in [2.24, 2.45) is 17.8 Å². The lowest BCUT2D eigenvalue weighted by Gasteiger charge is -2.14. The van der Waals surface area contributed by atoms with Crippen LogP contribution in [0.15, 0.2) is 24.3 Å². The molecule has 1 aromatic heterocycles. The van der Waals surface area contributed by atoms with E-state index in [1.54, 1.807) is 0 Å². The van der Waals surface area contributed by atoms with Crippen LogP contribution in [-0.2, 0) is 43.0 Å². The van der Waals surface area contributed by atoms with E-state index >= 15 is 0 Å². The lowest BCUT2D eigenvalue weighted by Crippen LogP contribution is -2.08. The van der Waals surface area contributed by atoms with Crippen LogP contribution in [-0.4, -0.2) is 44.5 Å². The molecular weight excluding hydrogens is 729 g/mol. The van der Waals surface area contributed by atoms with Crippen LogP contribution in [0.1, 0.15) is 117 Å². The lowest BCUT2D eigenvalue weighted by molar-refractivity contribution is -0.147. The molecule has 1 amide bonds. The predicted molar refractivity (Wildman–Crippen MR) is 212 cm³/mol. The molecule has 0 aliphatic carbocycles. The Hall–Kier alpha value is -2.93. The molecule has 0 bridgehead atoms. The first kappa shape index (κ1) is 50.1. The summed E-state index contributed by atoms with van der Waals surface area (Å²) in [7, 11) is 1.50. The van der Waals surface area contributed by atoms with Crippen LogP contribution in [0.3, 0.4) is 0 Å². The number of esters is 1. The molecule has 8 nitrogen and oxygen atoms in total. The van der Waals surface area contributed by atoms with Gasteiger partial charge in [0.2, 0.25) is 13.2 Å². The molecule has 0 radical (unpaired) electrons. The van der Waals surface area contributed by atoms with Crippen molar-refractivity contribution in [3.63, 3.8) is 0 Å². The van der Waals surface area contributed by atoms with Crippen molar-refractivity contribution in [2.75, 3.05) is 32.4 Å². The summed E-state index contributed by atoms with van der Waals surface area (Å²) < 4.78 is 59.4. The molecule has 53 heavy (non-hydrogen) atoms. The molecule has 2 aromatic carbocycles. The summed E-state index contributed by atoms with van der Waals surface area (Å²) in [6, 6.07) is 5.71. The second kappa shape index (κ2) is 27.6. The summed E-state index contributed by atoms with van der Waals surface area (Å²) in [4.78, 5) is 25.2. The van der Waals surface area contributed by atoms with Crippen molar-refractivity contribution < 1.29 is 41.7 Å². The number of amides is 1. The third-order valence-corrected chi connectivity index (χ3v) is 9.19. The number of carbonyl (C=O) groups excluding carboxylic acids is 2. The highest BCUT2D eigenvalue weighted by molar-refractivity contribution is 7.22. The van der Waals surface area contributed by atoms with E-state index in [-0.39, 0.29) is 31.1 Å². The van der Waals surface area contributed by atoms with Crippen LogP contribution >= 0.6 is 22.9 Å². The van der Waals surface area contributed by atoms with Crippen molar-refractivity contribution in [2.45, 2.75) is 121 Å². The fourth-order valence-corrected chi connectivity index (χ4v) is 5.92. The molecule has 3 rings (SSSR count). The van der Waals surface area contributed by atoms with E-state index in [0.717, 1.165) is 64.5 Å². The van der Waals surface area contributed by atoms with E-state index in [0.29, 0.717) is 33.8 Å². The zero-order valence-corrected chi connectivity index (χ0v) is 35.1. The standard InChI is InChI=1S/C13H13F3N2O3S.C12H15ClO3.C10H22.C5H12/c1-20-2-3-21-6-8-4-9(13(14,15)16)5-10-11(8)18-12(22-10)17-7-19;1-4-10-6-11(13)5-8(2)12(10)16-7-15-9(3)14;1-5-7-10(4)8-9(3)6-2;1-4-5(2)3/h4-5,7H,2-3,6H2,1H3,(H,17,18,19);5-6H,4,7H2,1-3H3;9-10H,5-8H2,1-4H3;5H,4H2,1-3H3. The fraction of sp³-hybridized carbons (Fsp3) is 0.625. The number of alkyl halides is 3. The van der Waals surface area contributed by atoms with Gasteiger partial charge >= 0.3 is 12.1 Å². The number of aromatic nitrogens is 1. The van der Waals surface area contributed by atoms with Gasteiger partial charge in [0.25, 0.3) is 0 Å². The molecule has 0 saturated heterocycles. The van der Waals surface area contributed by atoms with E-state index in [2.05, 4.69) is 58.8 Å². The number of rotatable bonds is 17. The Balaban J connectivity index is 0.000000763. The fourth-order valence-electron chi connectivity index (χ4n) is 4.71. The SMILES string of the molecule is CCC(C)C.CCCC(C)CC(C)CC.CCc1cc(Cl)cc(C)c1OCOC(C)=O.COCCOCc1cc(C(F)(F)F)cc2sc(NC=O)nc12. The maximum absolute atomic E-state index is 12.9. The molecule has 2 atom stereocenters. The van der Waals surface area contributed by atoms with Gasteiger partial charge in [0.1, 0.15) is 5.75 Å². The van der Waals surface area contributed by atoms with Gasteiger partial charge in [-0.15, -0.1) is 0 Å². The van der Waals surface area contributed by atoms with Crippen molar-refractivity contribution in [1.82, 2.24) is 4.98 Å². The number of thiazole rings is 1. The van der Waals surface area contributed by atoms with E-state index in [9.17, 15) is 22.8 Å². The minimum Gasteiger partial charge on any atom is -0.457 e. The summed E-state index contributed by atoms with van der Waals surface area (Å²) >= 11 is 6.92. The van der Waals surface area contributed by atoms with E-state index < -0.39 is 11.7 Å². The van der Waals surface area contributed by atoms with Crippen LogP contribution in [0.4, 0.5) is 18.3 Å². The number of carbonyl (C=O) groups is 2. The van der Waals surface area contributed by atoms with E-state index in [1.165, 1.54) is 46.1 Å². The molecule has 0 fully saturated rings. The topological polar surface area (TPSA) is 96.0 Å². The van der Waals surface area contributed by atoms with Crippen molar-refractivity contribution in [1.29, 1.82) is 0 Å². The van der Waals surface area contributed by atoms with Crippen LogP contribution in [0.5, 0.6) is 5.75 Å². The number of aryl methyl sites for hydroxylation is 2. The van der Waals surface area contributed by atoms with Crippen LogP contribution in [0.2, 0.25) is 5.02 Å². The monoisotopic (exact) mass is 790 g/mol. The first-order chi connectivity index (χ1) is 25.0. The summed E-state index contributed by atoms with van der Waals surface area (Å²) in [6.45, 7) is 21.7. The van der Waals surface area contributed by atoms with E-state index in [1.807, 2.05) is 26.0 Å². The molecule has 1 N–H and O–H groups in total. The van der Waals surface area contributed by atoms with Gasteiger partial charge in [0.05, 0.1) is 35.6 Å². The van der Waals surface area contributed by atoms with Gasteiger partial charge in [-0.1, -0.05) is 104 Å². The highest BCUT2D eigenvalue weighted by Gasteiger charge is 2.32. The number of hydrogen-bond donors (Lipinski definition) is 1. The minimum atomic E-state index is -4.46. The zero-order chi connectivity index (χ0) is 40.6. The Morgan fingerprint density at radius 3 is 2.17 bits per heavy atom. The van der Waals surface area contributed by atoms with Crippen molar-refractivity contribution in [3.05, 3.63) is 51.5 Å². The molecular formula is C40H62ClF3N2O6S. The Morgan fingerprint density at radius 2 is 1.66 bits per heavy atom. The number of hydrogen-bond acceptors (Lipinski definition) is 8. The maximum atomic E-state index is 12.9. The van der Waals surface area contributed by atoms with E-state index in [4.69, 9.17) is 30.5 Å². The summed E-state index contributed by atoms with van der Waals surface area (Å²) in [5, 5.41) is 3.27. The third kappa shape index (κ3) is 21.5. The molecule has 0 aliphatic heterocycles. The number of halogens is 4. The summed E-state index contributed by atoms with van der Waals surface area (Å²) in [5.41, 5.74) is 1.89. The normalized spacial score (nSPS) is 12.0. The Morgan fingerprint density at radius 1 is 1.00 bits per heavy atom. The molecule has 0 saturated carbocycles. The highest BCUT2D eigenvalue weighted by Crippen LogP contribution is 2.36. The first-order valence-electron chi connectivity index (χ1n) is 18.3. The van der Waals surface area contributed by atoms with Gasteiger partial charge in [-0.05, 0) is 72.9 Å². The number of methoxy groups -OCH3 is 1. The summed E-state index contributed by atoms with van der Waals surface area (Å²) in [5.74, 6) is 3.15. The lowest BCUT2D eigenvalue weighted by atomic mass is 9.92. The van der Waals surface area contributed by atoms with Gasteiger partial charge < -0.3 is 24.3 Å². The number of nitrogens with one attached hydrogen (secondary N) is 1. The number of nitrogens with zero attached hydrogens (tertiary/aromatic N) is 1. The van der Waals surface area contributed by atoms with Crippen LogP contribution in [0.25, 0.3) is 10.2 Å². The predicted octanol–water partition coefficient (Wildman–Crippen LogP) is 12.1. The van der Waals surface area contributed by atoms with Gasteiger partial charge in [-0.2, -0.15) is 13.2 Å². The van der Waals surface area contributed by atoms with Crippen molar-refractivity contribution >= 4 is 50.7 Å². The Bertz CT molecular complexity index is 1470. The second-order valence-electron chi connectivity index (χ2n) is 13.2. The average molecular weight is 791 g/mol. The smallest absolute Gasteiger partial charge is 0.416 e. The van der Waals surface area contributed by atoms with Gasteiger partial charge in [-0.25, -0.2) is 4.98 Å². The maximum Gasteiger partial charge on any atom is 0.416 e. The average Bonchev–Trinajstić information content (AvgIpc) is 3.50. The Kier molecular flexibility index (Phi) is 26.1. The van der Waals surface area contributed by atoms with Gasteiger partial charge in [0, 0.05) is 24.6 Å². The first-order valence-corrected chi connectivity index (χ1v) is 19.5. The highest BCUT2D eigenvalue weighted by atomic mass is 35.5. The number of fused-ring (bicyclic) bond motifs is 1. The quantitative estimate of drug-likeness (QED) is 0.0629. The van der Waals surface area contributed by atoms with Gasteiger partial charge in [-0.3, -0.25) is 9.59 Å². The van der Waals surface area contributed by atoms with Crippen LogP contribution < -0.4 is 10.1 Å². The molecule has 0 spiro atoms. The Labute approximate surface area is 324 Å². The molecule has 2 unspecified atom stereocenters. The minimum absolute atomic E-state index is 0.0198. The summed E-state index contributed by atoms with van der Waals surface area (Å²) in [6.07, 6.45) is 3.60. The second-order valence-corrected chi connectivity index (χ2v) is 14.7. The number of anilines is 1.